The van der Waals surface area contributed by atoms with Gasteiger partial charge in [-0.25, -0.2) is 0 Å². The summed E-state index contributed by atoms with van der Waals surface area (Å²) in [6, 6.07) is 7.24. The minimum atomic E-state index is -0.949. The maximum Gasteiger partial charge on any atom is 0.313 e. The molecule has 1 heterocycles. The van der Waals surface area contributed by atoms with E-state index in [0.29, 0.717) is 25.2 Å². The van der Waals surface area contributed by atoms with Crippen molar-refractivity contribution < 1.29 is 23.8 Å². The number of hydrogen-bond donors (Lipinski definition) is 0. The Morgan fingerprint density at radius 2 is 2.05 bits per heavy atom. The van der Waals surface area contributed by atoms with E-state index in [4.69, 9.17) is 14.2 Å². The van der Waals surface area contributed by atoms with Gasteiger partial charge in [-0.2, -0.15) is 0 Å². The van der Waals surface area contributed by atoms with Gasteiger partial charge in [0.05, 0.1) is 19.6 Å². The zero-order valence-electron chi connectivity index (χ0n) is 12.5. The van der Waals surface area contributed by atoms with E-state index in [1.165, 1.54) is 0 Å². The van der Waals surface area contributed by atoms with E-state index in [1.54, 1.807) is 33.1 Å². The van der Waals surface area contributed by atoms with Gasteiger partial charge in [0, 0.05) is 12.8 Å². The van der Waals surface area contributed by atoms with Gasteiger partial charge in [0.2, 0.25) is 0 Å². The molecule has 1 aromatic carbocycles. The lowest BCUT2D eigenvalue weighted by molar-refractivity contribution is -0.167. The van der Waals surface area contributed by atoms with Crippen LogP contribution in [0.3, 0.4) is 0 Å². The van der Waals surface area contributed by atoms with Crippen LogP contribution in [0.4, 0.5) is 0 Å². The fourth-order valence-electron chi connectivity index (χ4n) is 2.68. The highest BCUT2D eigenvalue weighted by Gasteiger charge is 2.50. The molecule has 0 bridgehead atoms. The van der Waals surface area contributed by atoms with Crippen LogP contribution in [0.2, 0.25) is 0 Å². The van der Waals surface area contributed by atoms with Gasteiger partial charge in [0.1, 0.15) is 5.75 Å². The largest absolute Gasteiger partial charge is 0.497 e. The van der Waals surface area contributed by atoms with E-state index < -0.39 is 11.5 Å². The van der Waals surface area contributed by atoms with Crippen LogP contribution >= 0.6 is 0 Å². The van der Waals surface area contributed by atoms with Crippen LogP contribution < -0.4 is 4.74 Å². The molecule has 114 valence electrons. The lowest BCUT2D eigenvalue weighted by Crippen LogP contribution is -2.39. The second-order valence-electron chi connectivity index (χ2n) is 5.07. The average molecular weight is 292 g/mol. The lowest BCUT2D eigenvalue weighted by Gasteiger charge is -2.33. The molecule has 0 saturated carbocycles. The van der Waals surface area contributed by atoms with Crippen molar-refractivity contribution in [3.05, 3.63) is 29.8 Å². The first-order chi connectivity index (χ1) is 10.0. The predicted octanol–water partition coefficient (Wildman–Crippen LogP) is 2.43. The Labute approximate surface area is 124 Å². The molecule has 1 aromatic rings. The molecule has 0 radical (unpaired) electrons. The number of carbonyl (C=O) groups excluding carboxylic acids is 2. The molecule has 21 heavy (non-hydrogen) atoms. The zero-order valence-corrected chi connectivity index (χ0v) is 12.5. The van der Waals surface area contributed by atoms with Crippen LogP contribution in [0, 0.1) is 5.92 Å². The van der Waals surface area contributed by atoms with Crippen molar-refractivity contribution >= 4 is 11.9 Å². The molecule has 0 unspecified atom stereocenters. The Kier molecular flexibility index (Phi) is 4.50. The number of ether oxygens (including phenoxy) is 3. The topological polar surface area (TPSA) is 61.8 Å². The third-order valence-corrected chi connectivity index (χ3v) is 3.91. The van der Waals surface area contributed by atoms with Crippen molar-refractivity contribution in [3.8, 4) is 5.75 Å². The summed E-state index contributed by atoms with van der Waals surface area (Å²) < 4.78 is 15.8. The van der Waals surface area contributed by atoms with Crippen molar-refractivity contribution in [2.45, 2.75) is 32.3 Å². The zero-order chi connectivity index (χ0) is 15.5. The third kappa shape index (κ3) is 2.86. The molecule has 1 saturated heterocycles. The van der Waals surface area contributed by atoms with Crippen LogP contribution in [-0.4, -0.2) is 25.7 Å². The second-order valence-corrected chi connectivity index (χ2v) is 5.07. The third-order valence-electron chi connectivity index (χ3n) is 3.91. The first-order valence-electron chi connectivity index (χ1n) is 7.06. The van der Waals surface area contributed by atoms with E-state index in [0.717, 1.165) is 5.56 Å². The molecule has 2 atom stereocenters. The van der Waals surface area contributed by atoms with Crippen LogP contribution in [0.1, 0.15) is 32.3 Å². The fraction of sp³-hybridized carbons (Fsp3) is 0.500. The summed E-state index contributed by atoms with van der Waals surface area (Å²) in [7, 11) is 1.58. The summed E-state index contributed by atoms with van der Waals surface area (Å²) in [6.45, 7) is 3.79. The maximum atomic E-state index is 12.1. The average Bonchev–Trinajstić information content (AvgIpc) is 2.90. The standard InChI is InChI=1S/C16H20O5/c1-4-20-15(18)11(2)16(10-9-14(17)21-16)12-5-7-13(19-3)8-6-12/h5-8,11H,4,9-10H2,1-3H3/t11-,16-/m1/s1. The van der Waals surface area contributed by atoms with Crippen molar-refractivity contribution in [1.82, 2.24) is 0 Å². The second kappa shape index (κ2) is 6.16. The molecule has 5 nitrogen and oxygen atoms in total. The van der Waals surface area contributed by atoms with Crippen molar-refractivity contribution in [1.29, 1.82) is 0 Å². The van der Waals surface area contributed by atoms with Gasteiger partial charge in [-0.3, -0.25) is 9.59 Å². The van der Waals surface area contributed by atoms with Gasteiger partial charge in [0.15, 0.2) is 5.60 Å². The normalized spacial score (nSPS) is 22.5. The minimum absolute atomic E-state index is 0.290. The molecule has 0 N–H and O–H groups in total. The highest BCUT2D eigenvalue weighted by atomic mass is 16.6. The lowest BCUT2D eigenvalue weighted by atomic mass is 9.80. The highest BCUT2D eigenvalue weighted by molar-refractivity contribution is 5.78. The molecule has 5 heteroatoms. The van der Waals surface area contributed by atoms with Crippen LogP contribution in [0.15, 0.2) is 24.3 Å². The molecule has 0 spiro atoms. The Morgan fingerprint density at radius 3 is 2.52 bits per heavy atom. The van der Waals surface area contributed by atoms with E-state index in [9.17, 15) is 9.59 Å². The minimum Gasteiger partial charge on any atom is -0.497 e. The monoisotopic (exact) mass is 292 g/mol. The summed E-state index contributed by atoms with van der Waals surface area (Å²) in [5.41, 5.74) is -0.162. The number of benzene rings is 1. The Morgan fingerprint density at radius 1 is 1.38 bits per heavy atom. The molecular weight excluding hydrogens is 272 g/mol. The smallest absolute Gasteiger partial charge is 0.313 e. The molecular formula is C16H20O5. The Bertz CT molecular complexity index is 522. The molecule has 2 rings (SSSR count). The quantitative estimate of drug-likeness (QED) is 0.780. The first-order valence-corrected chi connectivity index (χ1v) is 7.06. The Hall–Kier alpha value is -2.04. The van der Waals surface area contributed by atoms with E-state index in [1.807, 2.05) is 12.1 Å². The molecule has 1 fully saturated rings. The van der Waals surface area contributed by atoms with E-state index in [2.05, 4.69) is 0 Å². The molecule has 0 amide bonds. The maximum absolute atomic E-state index is 12.1. The SMILES string of the molecule is CCOC(=O)[C@@H](C)[C@@]1(c2ccc(OC)cc2)CCC(=O)O1. The Balaban J connectivity index is 2.37. The number of carbonyl (C=O) groups is 2. The molecule has 0 aromatic heterocycles. The summed E-state index contributed by atoms with van der Waals surface area (Å²) in [4.78, 5) is 23.7. The van der Waals surface area contributed by atoms with Crippen LogP contribution in [0.25, 0.3) is 0 Å². The number of hydrogen-bond acceptors (Lipinski definition) is 5. The van der Waals surface area contributed by atoms with Crippen molar-refractivity contribution in [2.24, 2.45) is 5.92 Å². The van der Waals surface area contributed by atoms with Gasteiger partial charge in [-0.15, -0.1) is 0 Å². The summed E-state index contributed by atoms with van der Waals surface area (Å²) >= 11 is 0. The number of cyclic esters (lactones) is 1. The van der Waals surface area contributed by atoms with Gasteiger partial charge in [0.25, 0.3) is 0 Å². The van der Waals surface area contributed by atoms with Crippen molar-refractivity contribution in [3.63, 3.8) is 0 Å². The van der Waals surface area contributed by atoms with Crippen molar-refractivity contribution in [2.75, 3.05) is 13.7 Å². The van der Waals surface area contributed by atoms with Crippen LogP contribution in [-0.2, 0) is 24.7 Å². The van der Waals surface area contributed by atoms with Gasteiger partial charge < -0.3 is 14.2 Å². The number of esters is 2. The molecule has 0 aliphatic carbocycles. The number of methoxy groups -OCH3 is 1. The highest BCUT2D eigenvalue weighted by Crippen LogP contribution is 2.44. The number of rotatable bonds is 5. The summed E-state index contributed by atoms with van der Waals surface area (Å²) in [5, 5.41) is 0. The van der Waals surface area contributed by atoms with E-state index in [-0.39, 0.29) is 11.9 Å². The van der Waals surface area contributed by atoms with Gasteiger partial charge in [-0.05, 0) is 31.5 Å². The van der Waals surface area contributed by atoms with Gasteiger partial charge in [-0.1, -0.05) is 12.1 Å². The van der Waals surface area contributed by atoms with Crippen LogP contribution in [0.5, 0.6) is 5.75 Å². The summed E-state index contributed by atoms with van der Waals surface area (Å²) in [6.07, 6.45) is 0.772. The molecule has 1 aliphatic heterocycles. The summed E-state index contributed by atoms with van der Waals surface area (Å²) in [5.74, 6) is -0.496. The first kappa shape index (κ1) is 15.4. The van der Waals surface area contributed by atoms with Gasteiger partial charge >= 0.3 is 11.9 Å². The van der Waals surface area contributed by atoms with E-state index >= 15 is 0 Å². The fourth-order valence-corrected chi connectivity index (χ4v) is 2.68. The predicted molar refractivity (Wildman–Crippen MR) is 75.8 cm³/mol. The molecule has 1 aliphatic rings.